The summed E-state index contributed by atoms with van der Waals surface area (Å²) in [6, 6.07) is 12.9. The Hall–Kier alpha value is -1.98. The van der Waals surface area contributed by atoms with Gasteiger partial charge in [0.15, 0.2) is 0 Å². The molecule has 2 aliphatic rings. The molecule has 28 heavy (non-hydrogen) atoms. The highest BCUT2D eigenvalue weighted by Crippen LogP contribution is 2.37. The summed E-state index contributed by atoms with van der Waals surface area (Å²) in [5.41, 5.74) is 5.11. The zero-order valence-corrected chi connectivity index (χ0v) is 17.5. The van der Waals surface area contributed by atoms with Crippen molar-refractivity contribution in [2.24, 2.45) is 0 Å². The minimum Gasteiger partial charge on any atom is -0.496 e. The average molecular weight is 397 g/mol. The van der Waals surface area contributed by atoms with Gasteiger partial charge in [0.2, 0.25) is 5.91 Å². The van der Waals surface area contributed by atoms with E-state index in [0.717, 1.165) is 37.4 Å². The van der Waals surface area contributed by atoms with Crippen LogP contribution in [-0.2, 0) is 17.6 Å². The number of ether oxygens (including phenoxy) is 1. The van der Waals surface area contributed by atoms with Gasteiger partial charge in [-0.15, -0.1) is 11.8 Å². The maximum atomic E-state index is 11.6. The molecule has 0 saturated carbocycles. The first-order valence-electron chi connectivity index (χ1n) is 10.0. The predicted octanol–water partition coefficient (Wildman–Crippen LogP) is 4.33. The molecule has 2 aromatic rings. The third-order valence-electron chi connectivity index (χ3n) is 5.80. The third kappa shape index (κ3) is 4.20. The van der Waals surface area contributed by atoms with E-state index in [-0.39, 0.29) is 5.91 Å². The summed E-state index contributed by atoms with van der Waals surface area (Å²) < 4.78 is 5.58. The van der Waals surface area contributed by atoms with Gasteiger partial charge in [-0.1, -0.05) is 18.2 Å². The summed E-state index contributed by atoms with van der Waals surface area (Å²) in [5, 5.41) is 2.99. The van der Waals surface area contributed by atoms with Crippen LogP contribution in [0.3, 0.4) is 0 Å². The van der Waals surface area contributed by atoms with Crippen molar-refractivity contribution in [3.8, 4) is 5.75 Å². The minimum atomic E-state index is 0.0955. The van der Waals surface area contributed by atoms with Gasteiger partial charge in [-0.2, -0.15) is 0 Å². The Morgan fingerprint density at radius 1 is 1.29 bits per heavy atom. The molecule has 1 amide bonds. The second-order valence-electron chi connectivity index (χ2n) is 7.80. The molecule has 4 rings (SSSR count). The number of fused-ring (bicyclic) bond motifs is 2. The lowest BCUT2D eigenvalue weighted by molar-refractivity contribution is -0.113. The number of carbonyl (C=O) groups is 1. The smallest absolute Gasteiger partial charge is 0.234 e. The normalized spacial score (nSPS) is 18.4. The Kier molecular flexibility index (Phi) is 5.93. The van der Waals surface area contributed by atoms with Gasteiger partial charge in [-0.05, 0) is 73.5 Å². The van der Waals surface area contributed by atoms with Crippen molar-refractivity contribution in [2.45, 2.75) is 36.5 Å². The number of nitrogens with one attached hydrogen (secondary N) is 1. The highest BCUT2D eigenvalue weighted by molar-refractivity contribution is 8.00. The predicted molar refractivity (Wildman–Crippen MR) is 116 cm³/mol. The van der Waals surface area contributed by atoms with Crippen LogP contribution < -0.4 is 10.1 Å². The number of nitrogens with zero attached hydrogens (tertiary/aromatic N) is 1. The standard InChI is InChI=1S/C23H28N2O2S/c1-25(12-11-16-9-10-22-20(13-16)24-23(26)15-28-22)14-17-5-3-7-19-18(17)6-4-8-21(19)27-2/h4,6,8-10,13,17H,3,5,7,11-12,14-15H2,1-2H3,(H,24,26). The molecule has 1 N–H and O–H groups in total. The fourth-order valence-electron chi connectivity index (χ4n) is 4.37. The van der Waals surface area contributed by atoms with Gasteiger partial charge in [-0.3, -0.25) is 4.79 Å². The lowest BCUT2D eigenvalue weighted by atomic mass is 9.82. The summed E-state index contributed by atoms with van der Waals surface area (Å²) in [5.74, 6) is 2.22. The Labute approximate surface area is 171 Å². The summed E-state index contributed by atoms with van der Waals surface area (Å²) in [4.78, 5) is 15.2. The summed E-state index contributed by atoms with van der Waals surface area (Å²) >= 11 is 1.62. The number of amides is 1. The topological polar surface area (TPSA) is 41.6 Å². The van der Waals surface area contributed by atoms with Crippen LogP contribution in [0.5, 0.6) is 5.75 Å². The van der Waals surface area contributed by atoms with Crippen molar-refractivity contribution in [3.05, 3.63) is 53.1 Å². The molecule has 4 nitrogen and oxygen atoms in total. The van der Waals surface area contributed by atoms with Gasteiger partial charge < -0.3 is 15.0 Å². The monoisotopic (exact) mass is 396 g/mol. The Bertz CT molecular complexity index is 868. The molecule has 0 spiro atoms. The van der Waals surface area contributed by atoms with E-state index in [2.05, 4.69) is 53.7 Å². The number of hydrogen-bond donors (Lipinski definition) is 1. The SMILES string of the molecule is COc1cccc2c1CCCC2CN(C)CCc1ccc2c(c1)NC(=O)CS2. The van der Waals surface area contributed by atoms with Crippen LogP contribution in [0.4, 0.5) is 5.69 Å². The maximum absolute atomic E-state index is 11.6. The van der Waals surface area contributed by atoms with Crippen molar-refractivity contribution in [1.82, 2.24) is 4.90 Å². The molecule has 1 atom stereocenters. The lowest BCUT2D eigenvalue weighted by Gasteiger charge is -2.30. The van der Waals surface area contributed by atoms with Crippen molar-refractivity contribution >= 4 is 23.4 Å². The first-order chi connectivity index (χ1) is 13.6. The number of likely N-dealkylation sites (N-methyl/N-ethyl adjacent to an activating group) is 1. The molecule has 0 fully saturated rings. The summed E-state index contributed by atoms with van der Waals surface area (Å²) in [6.07, 6.45) is 4.58. The first-order valence-corrected chi connectivity index (χ1v) is 11.0. The van der Waals surface area contributed by atoms with Gasteiger partial charge in [0.1, 0.15) is 5.75 Å². The number of carbonyl (C=O) groups excluding carboxylic acids is 1. The molecule has 1 aliphatic heterocycles. The molecule has 1 heterocycles. The molecule has 0 bridgehead atoms. The molecule has 148 valence electrons. The van der Waals surface area contributed by atoms with E-state index >= 15 is 0 Å². The lowest BCUT2D eigenvalue weighted by Crippen LogP contribution is -2.28. The molecule has 1 unspecified atom stereocenters. The van der Waals surface area contributed by atoms with Crippen LogP contribution in [0.1, 0.15) is 35.4 Å². The average Bonchev–Trinajstić information content (AvgIpc) is 2.71. The summed E-state index contributed by atoms with van der Waals surface area (Å²) in [6.45, 7) is 2.08. The molecular formula is C23H28N2O2S. The zero-order chi connectivity index (χ0) is 19.5. The van der Waals surface area contributed by atoms with Crippen molar-refractivity contribution in [2.75, 3.05) is 38.3 Å². The summed E-state index contributed by atoms with van der Waals surface area (Å²) in [7, 11) is 3.98. The van der Waals surface area contributed by atoms with Gasteiger partial charge in [0, 0.05) is 18.0 Å². The van der Waals surface area contributed by atoms with E-state index in [4.69, 9.17) is 4.74 Å². The molecule has 0 saturated heterocycles. The van der Waals surface area contributed by atoms with Crippen LogP contribution in [0.25, 0.3) is 0 Å². The van der Waals surface area contributed by atoms with Crippen LogP contribution in [0.15, 0.2) is 41.3 Å². The molecule has 1 aliphatic carbocycles. The molecule has 5 heteroatoms. The largest absolute Gasteiger partial charge is 0.496 e. The van der Waals surface area contributed by atoms with Crippen LogP contribution >= 0.6 is 11.8 Å². The number of hydrogen-bond acceptors (Lipinski definition) is 4. The van der Waals surface area contributed by atoms with Crippen LogP contribution in [0.2, 0.25) is 0 Å². The molecule has 2 aromatic carbocycles. The molecule has 0 radical (unpaired) electrons. The van der Waals surface area contributed by atoms with Crippen molar-refractivity contribution in [1.29, 1.82) is 0 Å². The Balaban J connectivity index is 1.38. The van der Waals surface area contributed by atoms with E-state index in [1.165, 1.54) is 34.4 Å². The number of thioether (sulfide) groups is 1. The van der Waals surface area contributed by atoms with Gasteiger partial charge >= 0.3 is 0 Å². The highest BCUT2D eigenvalue weighted by Gasteiger charge is 2.23. The van der Waals surface area contributed by atoms with Crippen molar-refractivity contribution in [3.63, 3.8) is 0 Å². The maximum Gasteiger partial charge on any atom is 0.234 e. The van der Waals surface area contributed by atoms with Gasteiger partial charge in [0.25, 0.3) is 0 Å². The quantitative estimate of drug-likeness (QED) is 0.789. The Morgan fingerprint density at radius 3 is 3.04 bits per heavy atom. The minimum absolute atomic E-state index is 0.0955. The second-order valence-corrected chi connectivity index (χ2v) is 8.81. The van der Waals surface area contributed by atoms with E-state index < -0.39 is 0 Å². The molecular weight excluding hydrogens is 368 g/mol. The van der Waals surface area contributed by atoms with Crippen LogP contribution in [0, 0.1) is 0 Å². The van der Waals surface area contributed by atoms with E-state index in [1.807, 2.05) is 0 Å². The second kappa shape index (κ2) is 8.58. The number of anilines is 1. The third-order valence-corrected chi connectivity index (χ3v) is 6.87. The zero-order valence-electron chi connectivity index (χ0n) is 16.7. The van der Waals surface area contributed by atoms with Crippen molar-refractivity contribution < 1.29 is 9.53 Å². The number of rotatable bonds is 6. The first kappa shape index (κ1) is 19.3. The van der Waals surface area contributed by atoms with E-state index in [1.54, 1.807) is 18.9 Å². The highest BCUT2D eigenvalue weighted by atomic mass is 32.2. The fourth-order valence-corrected chi connectivity index (χ4v) is 5.16. The fraction of sp³-hybridized carbons (Fsp3) is 0.435. The molecule has 0 aromatic heterocycles. The van der Waals surface area contributed by atoms with Crippen LogP contribution in [-0.4, -0.2) is 43.8 Å². The van der Waals surface area contributed by atoms with E-state index in [9.17, 15) is 4.79 Å². The van der Waals surface area contributed by atoms with Gasteiger partial charge in [0.05, 0.1) is 18.6 Å². The number of benzene rings is 2. The van der Waals surface area contributed by atoms with E-state index in [0.29, 0.717) is 11.7 Å². The van der Waals surface area contributed by atoms with Gasteiger partial charge in [-0.25, -0.2) is 0 Å². The Morgan fingerprint density at radius 2 is 2.18 bits per heavy atom. The number of methoxy groups -OCH3 is 1.